The van der Waals surface area contributed by atoms with Crippen molar-refractivity contribution in [1.82, 2.24) is 10.2 Å². The van der Waals surface area contributed by atoms with Crippen LogP contribution in [0.25, 0.3) is 0 Å². The Kier molecular flexibility index (Phi) is 5.08. The van der Waals surface area contributed by atoms with E-state index >= 15 is 0 Å². The first-order valence-electron chi connectivity index (χ1n) is 4.67. The van der Waals surface area contributed by atoms with Crippen LogP contribution in [0.4, 0.5) is 5.69 Å². The molecule has 0 aliphatic carbocycles. The smallest absolute Gasteiger partial charge is 0.174 e. The molecule has 2 N–H and O–H groups in total. The maximum Gasteiger partial charge on any atom is 0.174 e. The Bertz CT molecular complexity index is 322. The molecular weight excluding hydrogens is 237 g/mol. The zero-order valence-electron chi connectivity index (χ0n) is 8.37. The van der Waals surface area contributed by atoms with Crippen LogP contribution in [0.15, 0.2) is 6.07 Å². The maximum absolute atomic E-state index is 8.74. The lowest BCUT2D eigenvalue weighted by molar-refractivity contribution is 0.266. The van der Waals surface area contributed by atoms with Crippen LogP contribution in [0.3, 0.4) is 0 Å². The number of aliphatic hydroxyl groups is 1. The van der Waals surface area contributed by atoms with E-state index in [-0.39, 0.29) is 6.61 Å². The van der Waals surface area contributed by atoms with Gasteiger partial charge in [-0.1, -0.05) is 30.1 Å². The Morgan fingerprint density at radius 1 is 1.47 bits per heavy atom. The van der Waals surface area contributed by atoms with Gasteiger partial charge in [-0.2, -0.15) is 0 Å². The van der Waals surface area contributed by atoms with Gasteiger partial charge in [0.2, 0.25) is 0 Å². The van der Waals surface area contributed by atoms with E-state index in [0.717, 1.165) is 6.42 Å². The largest absolute Gasteiger partial charge is 0.396 e. The minimum atomic E-state index is 0.186. The van der Waals surface area contributed by atoms with Gasteiger partial charge in [-0.3, -0.25) is 0 Å². The van der Waals surface area contributed by atoms with Gasteiger partial charge in [0.1, 0.15) is 0 Å². The first kappa shape index (κ1) is 12.5. The molecule has 1 heterocycles. The number of aromatic nitrogens is 2. The second-order valence-corrected chi connectivity index (χ2v) is 4.12. The van der Waals surface area contributed by atoms with Crippen LogP contribution in [0.1, 0.15) is 13.3 Å². The van der Waals surface area contributed by atoms with Crippen molar-refractivity contribution < 1.29 is 5.11 Å². The van der Waals surface area contributed by atoms with E-state index in [1.807, 2.05) is 6.92 Å². The van der Waals surface area contributed by atoms with Gasteiger partial charge in [-0.25, -0.2) is 0 Å². The normalized spacial score (nSPS) is 12.5. The molecule has 0 spiro atoms. The molecule has 1 rings (SSSR count). The molecule has 0 bridgehead atoms. The molecule has 0 radical (unpaired) electrons. The Balaban J connectivity index is 2.53. The number of aliphatic hydroxyl groups excluding tert-OH is 1. The van der Waals surface area contributed by atoms with Gasteiger partial charge < -0.3 is 10.4 Å². The van der Waals surface area contributed by atoms with Crippen LogP contribution in [0, 0.1) is 5.92 Å². The lowest BCUT2D eigenvalue weighted by Gasteiger charge is -2.12. The molecule has 1 unspecified atom stereocenters. The van der Waals surface area contributed by atoms with E-state index in [9.17, 15) is 0 Å². The highest BCUT2D eigenvalue weighted by atomic mass is 35.5. The summed E-state index contributed by atoms with van der Waals surface area (Å²) in [7, 11) is 0. The first-order valence-corrected chi connectivity index (χ1v) is 5.42. The Hall–Kier alpha value is -0.580. The zero-order chi connectivity index (χ0) is 11.3. The van der Waals surface area contributed by atoms with Gasteiger partial charge in [-0.05, 0) is 12.3 Å². The summed E-state index contributed by atoms with van der Waals surface area (Å²) in [5.41, 5.74) is 0.668. The molecule has 1 atom stereocenters. The molecule has 6 heteroatoms. The molecule has 4 nitrogen and oxygen atoms in total. The SMILES string of the molecule is CC(CCO)CNc1cc(Cl)nnc1Cl. The molecule has 15 heavy (non-hydrogen) atoms. The number of anilines is 1. The predicted octanol–water partition coefficient (Wildman–Crippen LogP) is 2.21. The fourth-order valence-corrected chi connectivity index (χ4v) is 1.39. The minimum Gasteiger partial charge on any atom is -0.396 e. The summed E-state index contributed by atoms with van der Waals surface area (Å²) in [6.07, 6.45) is 0.747. The van der Waals surface area contributed by atoms with Gasteiger partial charge in [0.25, 0.3) is 0 Å². The highest BCUT2D eigenvalue weighted by Gasteiger charge is 2.06. The summed E-state index contributed by atoms with van der Waals surface area (Å²) in [5, 5.41) is 19.7. The van der Waals surface area contributed by atoms with Gasteiger partial charge in [-0.15, -0.1) is 10.2 Å². The number of hydrogen-bond donors (Lipinski definition) is 2. The van der Waals surface area contributed by atoms with Crippen LogP contribution in [0.2, 0.25) is 10.3 Å². The molecule has 0 aromatic carbocycles. The van der Waals surface area contributed by atoms with Crippen LogP contribution in [0.5, 0.6) is 0 Å². The lowest BCUT2D eigenvalue weighted by Crippen LogP contribution is -2.13. The van der Waals surface area contributed by atoms with Crippen molar-refractivity contribution in [3.63, 3.8) is 0 Å². The highest BCUT2D eigenvalue weighted by molar-refractivity contribution is 6.33. The van der Waals surface area contributed by atoms with E-state index in [2.05, 4.69) is 15.5 Å². The summed E-state index contributed by atoms with van der Waals surface area (Å²) >= 11 is 11.5. The fraction of sp³-hybridized carbons (Fsp3) is 0.556. The molecule has 0 fully saturated rings. The van der Waals surface area contributed by atoms with Crippen molar-refractivity contribution in [1.29, 1.82) is 0 Å². The molecule has 0 saturated carbocycles. The number of nitrogens with one attached hydrogen (secondary N) is 1. The van der Waals surface area contributed by atoms with E-state index in [1.165, 1.54) is 0 Å². The van der Waals surface area contributed by atoms with Gasteiger partial charge >= 0.3 is 0 Å². The van der Waals surface area contributed by atoms with Crippen molar-refractivity contribution >= 4 is 28.9 Å². The summed E-state index contributed by atoms with van der Waals surface area (Å²) in [6, 6.07) is 1.63. The third-order valence-corrected chi connectivity index (χ3v) is 2.45. The van der Waals surface area contributed by atoms with E-state index < -0.39 is 0 Å². The van der Waals surface area contributed by atoms with Crippen molar-refractivity contribution in [2.75, 3.05) is 18.5 Å². The second kappa shape index (κ2) is 6.10. The average molecular weight is 250 g/mol. The second-order valence-electron chi connectivity index (χ2n) is 3.37. The Morgan fingerprint density at radius 3 is 2.87 bits per heavy atom. The molecular formula is C9H13Cl2N3O. The average Bonchev–Trinajstić information content (AvgIpc) is 2.20. The topological polar surface area (TPSA) is 58.0 Å². The number of hydrogen-bond acceptors (Lipinski definition) is 4. The summed E-state index contributed by atoms with van der Waals surface area (Å²) < 4.78 is 0. The Morgan fingerprint density at radius 2 is 2.20 bits per heavy atom. The van der Waals surface area contributed by atoms with Gasteiger partial charge in [0, 0.05) is 19.2 Å². The Labute approximate surface area is 98.6 Å². The highest BCUT2D eigenvalue weighted by Crippen LogP contribution is 2.21. The van der Waals surface area contributed by atoms with Crippen LogP contribution in [-0.4, -0.2) is 28.5 Å². The van der Waals surface area contributed by atoms with E-state index in [0.29, 0.717) is 28.5 Å². The number of rotatable bonds is 5. The molecule has 84 valence electrons. The molecule has 0 aliphatic heterocycles. The van der Waals surface area contributed by atoms with Gasteiger partial charge in [0.05, 0.1) is 5.69 Å². The van der Waals surface area contributed by atoms with Crippen LogP contribution in [-0.2, 0) is 0 Å². The summed E-state index contributed by atoms with van der Waals surface area (Å²) in [6.45, 7) is 2.93. The molecule has 1 aromatic heterocycles. The third kappa shape index (κ3) is 4.20. The third-order valence-electron chi connectivity index (χ3n) is 1.98. The molecule has 1 aromatic rings. The monoisotopic (exact) mass is 249 g/mol. The van der Waals surface area contributed by atoms with Gasteiger partial charge in [0.15, 0.2) is 10.3 Å². The molecule has 0 amide bonds. The van der Waals surface area contributed by atoms with E-state index in [1.54, 1.807) is 6.07 Å². The maximum atomic E-state index is 8.74. The predicted molar refractivity (Wildman–Crippen MR) is 61.4 cm³/mol. The number of nitrogens with zero attached hydrogens (tertiary/aromatic N) is 2. The van der Waals surface area contributed by atoms with Crippen LogP contribution < -0.4 is 5.32 Å². The van der Waals surface area contributed by atoms with Crippen molar-refractivity contribution in [2.45, 2.75) is 13.3 Å². The van der Waals surface area contributed by atoms with Crippen molar-refractivity contribution in [2.24, 2.45) is 5.92 Å². The van der Waals surface area contributed by atoms with Crippen LogP contribution >= 0.6 is 23.2 Å². The fourth-order valence-electron chi connectivity index (χ4n) is 1.08. The van der Waals surface area contributed by atoms with Crippen molar-refractivity contribution in [3.8, 4) is 0 Å². The lowest BCUT2D eigenvalue weighted by atomic mass is 10.1. The standard InChI is InChI=1S/C9H13Cl2N3O/c1-6(2-3-15)5-12-7-4-8(10)13-14-9(7)11/h4,6,15H,2-3,5H2,1H3,(H,12,13). The summed E-state index contributed by atoms with van der Waals surface area (Å²) in [5.74, 6) is 0.359. The first-order chi connectivity index (χ1) is 7.13. The number of halogens is 2. The molecule has 0 aliphatic rings. The molecule has 0 saturated heterocycles. The minimum absolute atomic E-state index is 0.186. The van der Waals surface area contributed by atoms with E-state index in [4.69, 9.17) is 28.3 Å². The zero-order valence-corrected chi connectivity index (χ0v) is 9.89. The quantitative estimate of drug-likeness (QED) is 0.841. The van der Waals surface area contributed by atoms with Crippen molar-refractivity contribution in [3.05, 3.63) is 16.4 Å². The summed E-state index contributed by atoms with van der Waals surface area (Å²) in [4.78, 5) is 0.